The van der Waals surface area contributed by atoms with Gasteiger partial charge in [0.2, 0.25) is 0 Å². The number of likely N-dealkylation sites (N-methyl/N-ethyl adjacent to an activating group) is 1. The van der Waals surface area contributed by atoms with Crippen molar-refractivity contribution in [3.63, 3.8) is 0 Å². The average molecular weight is 195 g/mol. The van der Waals surface area contributed by atoms with Crippen molar-refractivity contribution in [2.45, 2.75) is 19.4 Å². The Balaban J connectivity index is 3.06. The molecule has 1 aromatic rings. The summed E-state index contributed by atoms with van der Waals surface area (Å²) in [5, 5.41) is 0. The van der Waals surface area contributed by atoms with E-state index in [1.165, 1.54) is 6.07 Å². The molecule has 3 heteroatoms. The summed E-state index contributed by atoms with van der Waals surface area (Å²) in [5.41, 5.74) is -0.257. The van der Waals surface area contributed by atoms with Crippen LogP contribution in [-0.4, -0.2) is 18.9 Å². The summed E-state index contributed by atoms with van der Waals surface area (Å²) in [6.45, 7) is 3.48. The number of nitrogens with zero attached hydrogens (tertiary/aromatic N) is 1. The summed E-state index contributed by atoms with van der Waals surface area (Å²) < 4.78 is 13.3. The zero-order valence-electron chi connectivity index (χ0n) is 8.62. The first-order chi connectivity index (χ1) is 6.49. The van der Waals surface area contributed by atoms with Gasteiger partial charge in [-0.1, -0.05) is 12.1 Å². The summed E-state index contributed by atoms with van der Waals surface area (Å²) in [7, 11) is 1.70. The number of carbonyl (C=O) groups is 1. The molecule has 0 fully saturated rings. The van der Waals surface area contributed by atoms with E-state index in [0.717, 1.165) is 6.29 Å². The molecule has 0 radical (unpaired) electrons. The van der Waals surface area contributed by atoms with Crippen molar-refractivity contribution in [2.75, 3.05) is 11.9 Å². The molecule has 2 nitrogen and oxygen atoms in total. The quantitative estimate of drug-likeness (QED) is 0.689. The van der Waals surface area contributed by atoms with Gasteiger partial charge >= 0.3 is 0 Å². The van der Waals surface area contributed by atoms with Crippen LogP contribution in [0.4, 0.5) is 10.1 Å². The lowest BCUT2D eigenvalue weighted by Gasteiger charge is -2.32. The third kappa shape index (κ3) is 1.92. The van der Waals surface area contributed by atoms with Gasteiger partial charge in [-0.2, -0.15) is 0 Å². The zero-order chi connectivity index (χ0) is 10.8. The summed E-state index contributed by atoms with van der Waals surface area (Å²) >= 11 is 0. The van der Waals surface area contributed by atoms with Crippen molar-refractivity contribution in [3.05, 3.63) is 30.1 Å². The molecular formula is C11H14FNO. The number of halogens is 1. The molecule has 0 unspecified atom stereocenters. The summed E-state index contributed by atoms with van der Waals surface area (Å²) in [6.07, 6.45) is 0.805. The Morgan fingerprint density at radius 1 is 1.36 bits per heavy atom. The molecule has 0 saturated heterocycles. The van der Waals surface area contributed by atoms with Gasteiger partial charge in [0, 0.05) is 7.05 Å². The highest BCUT2D eigenvalue weighted by Gasteiger charge is 2.24. The molecule has 0 saturated carbocycles. The summed E-state index contributed by atoms with van der Waals surface area (Å²) in [5.74, 6) is -0.315. The normalized spacial score (nSPS) is 11.1. The highest BCUT2D eigenvalue weighted by atomic mass is 19.1. The first-order valence-electron chi connectivity index (χ1n) is 4.44. The van der Waals surface area contributed by atoms with E-state index in [0.29, 0.717) is 5.69 Å². The van der Waals surface area contributed by atoms with Crippen LogP contribution >= 0.6 is 0 Å². The minimum Gasteiger partial charge on any atom is -0.360 e. The van der Waals surface area contributed by atoms with Gasteiger partial charge in [0.25, 0.3) is 0 Å². The van der Waals surface area contributed by atoms with Gasteiger partial charge in [-0.25, -0.2) is 4.39 Å². The van der Waals surface area contributed by atoms with Crippen molar-refractivity contribution < 1.29 is 9.18 Å². The molecular weight excluding hydrogens is 181 g/mol. The third-order valence-corrected chi connectivity index (χ3v) is 2.37. The molecule has 0 amide bonds. The van der Waals surface area contributed by atoms with Gasteiger partial charge in [0.05, 0.1) is 11.2 Å². The highest BCUT2D eigenvalue weighted by Crippen LogP contribution is 2.23. The van der Waals surface area contributed by atoms with Crippen LogP contribution in [0.3, 0.4) is 0 Å². The van der Waals surface area contributed by atoms with Crippen molar-refractivity contribution in [2.24, 2.45) is 0 Å². The predicted molar refractivity (Wildman–Crippen MR) is 54.9 cm³/mol. The second-order valence-electron chi connectivity index (χ2n) is 3.78. The van der Waals surface area contributed by atoms with Crippen molar-refractivity contribution in [1.29, 1.82) is 0 Å². The maximum Gasteiger partial charge on any atom is 0.146 e. The fraction of sp³-hybridized carbons (Fsp3) is 0.364. The lowest BCUT2D eigenvalue weighted by molar-refractivity contribution is -0.111. The van der Waals surface area contributed by atoms with Crippen LogP contribution in [0.1, 0.15) is 13.8 Å². The van der Waals surface area contributed by atoms with Gasteiger partial charge in [-0.15, -0.1) is 0 Å². The molecule has 0 aliphatic heterocycles. The van der Waals surface area contributed by atoms with Gasteiger partial charge in [-0.3, -0.25) is 0 Å². The number of hydrogen-bond acceptors (Lipinski definition) is 2. The Kier molecular flexibility index (Phi) is 2.89. The number of hydrogen-bond donors (Lipinski definition) is 0. The number of carbonyl (C=O) groups excluding carboxylic acids is 1. The predicted octanol–water partition coefficient (Wildman–Crippen LogP) is 2.24. The largest absolute Gasteiger partial charge is 0.360 e. The number of aldehydes is 1. The maximum absolute atomic E-state index is 13.3. The minimum atomic E-state index is -0.692. The summed E-state index contributed by atoms with van der Waals surface area (Å²) in [4.78, 5) is 12.4. The van der Waals surface area contributed by atoms with Crippen molar-refractivity contribution >= 4 is 12.0 Å². The molecule has 0 N–H and O–H groups in total. The molecule has 1 rings (SSSR count). The van der Waals surface area contributed by atoms with Crippen molar-refractivity contribution in [1.82, 2.24) is 0 Å². The monoisotopic (exact) mass is 195 g/mol. The third-order valence-electron chi connectivity index (χ3n) is 2.37. The molecule has 14 heavy (non-hydrogen) atoms. The van der Waals surface area contributed by atoms with E-state index < -0.39 is 5.54 Å². The molecule has 0 spiro atoms. The topological polar surface area (TPSA) is 20.3 Å². The highest BCUT2D eigenvalue weighted by molar-refractivity contribution is 5.70. The van der Waals surface area contributed by atoms with Gasteiger partial charge in [-0.05, 0) is 26.0 Å². The van der Waals surface area contributed by atoms with Crippen LogP contribution < -0.4 is 4.90 Å². The standard InChI is InChI=1S/C11H14FNO/c1-11(2,8-14)13(3)10-7-5-4-6-9(10)12/h4-8H,1-3H3. The average Bonchev–Trinajstić information content (AvgIpc) is 2.17. The Bertz CT molecular complexity index is 336. The SMILES string of the molecule is CN(c1ccccc1F)C(C)(C)C=O. The summed E-state index contributed by atoms with van der Waals surface area (Å²) in [6, 6.07) is 6.41. The van der Waals surface area contributed by atoms with Crippen LogP contribution in [0.2, 0.25) is 0 Å². The fourth-order valence-electron chi connectivity index (χ4n) is 1.11. The number of rotatable bonds is 3. The van der Waals surface area contributed by atoms with E-state index in [-0.39, 0.29) is 5.82 Å². The number of para-hydroxylation sites is 1. The lowest BCUT2D eigenvalue weighted by Crippen LogP contribution is -2.43. The smallest absolute Gasteiger partial charge is 0.146 e. The fourth-order valence-corrected chi connectivity index (χ4v) is 1.11. The van der Waals surface area contributed by atoms with E-state index in [4.69, 9.17) is 0 Å². The van der Waals surface area contributed by atoms with Crippen LogP contribution in [0, 0.1) is 5.82 Å². The van der Waals surface area contributed by atoms with Crippen molar-refractivity contribution in [3.8, 4) is 0 Å². The Morgan fingerprint density at radius 3 is 2.43 bits per heavy atom. The van der Waals surface area contributed by atoms with Gasteiger partial charge in [0.15, 0.2) is 0 Å². The molecule has 76 valence electrons. The van der Waals surface area contributed by atoms with Crippen LogP contribution in [-0.2, 0) is 4.79 Å². The minimum absolute atomic E-state index is 0.315. The van der Waals surface area contributed by atoms with Crippen LogP contribution in [0.25, 0.3) is 0 Å². The lowest BCUT2D eigenvalue weighted by atomic mass is 10.1. The zero-order valence-corrected chi connectivity index (χ0v) is 8.62. The second kappa shape index (κ2) is 3.78. The maximum atomic E-state index is 13.3. The first kappa shape index (κ1) is 10.7. The Morgan fingerprint density at radius 2 is 1.93 bits per heavy atom. The molecule has 0 aromatic heterocycles. The van der Waals surface area contributed by atoms with Gasteiger partial charge < -0.3 is 9.69 Å². The van der Waals surface area contributed by atoms with E-state index in [1.807, 2.05) is 0 Å². The Labute approximate surface area is 83.3 Å². The molecule has 0 aliphatic carbocycles. The molecule has 0 heterocycles. The van der Waals surface area contributed by atoms with Crippen LogP contribution in [0.15, 0.2) is 24.3 Å². The number of anilines is 1. The van der Waals surface area contributed by atoms with Crippen LogP contribution in [0.5, 0.6) is 0 Å². The molecule has 0 atom stereocenters. The molecule has 1 aromatic carbocycles. The van der Waals surface area contributed by atoms with E-state index in [1.54, 1.807) is 44.0 Å². The van der Waals surface area contributed by atoms with E-state index in [9.17, 15) is 9.18 Å². The van der Waals surface area contributed by atoms with E-state index in [2.05, 4.69) is 0 Å². The molecule has 0 bridgehead atoms. The number of benzene rings is 1. The first-order valence-corrected chi connectivity index (χ1v) is 4.44. The second-order valence-corrected chi connectivity index (χ2v) is 3.78. The van der Waals surface area contributed by atoms with E-state index >= 15 is 0 Å². The molecule has 0 aliphatic rings. The Hall–Kier alpha value is -1.38. The van der Waals surface area contributed by atoms with Gasteiger partial charge in [0.1, 0.15) is 12.1 Å².